The van der Waals surface area contributed by atoms with Crippen LogP contribution in [-0.4, -0.2) is 22.2 Å². The molecule has 0 aliphatic heterocycles. The lowest BCUT2D eigenvalue weighted by molar-refractivity contribution is -0.122. The van der Waals surface area contributed by atoms with E-state index in [1.165, 1.54) is 10.6 Å². The molecule has 21 heavy (non-hydrogen) atoms. The van der Waals surface area contributed by atoms with Gasteiger partial charge in [0, 0.05) is 16.7 Å². The number of halogens is 1. The van der Waals surface area contributed by atoms with E-state index in [0.29, 0.717) is 0 Å². The van der Waals surface area contributed by atoms with Crippen LogP contribution in [0.3, 0.4) is 0 Å². The van der Waals surface area contributed by atoms with Crippen LogP contribution in [0, 0.1) is 0 Å². The van der Waals surface area contributed by atoms with Crippen LogP contribution in [0.2, 0.25) is 0 Å². The maximum atomic E-state index is 12.0. The minimum Gasteiger partial charge on any atom is -0.394 e. The number of amides is 1. The summed E-state index contributed by atoms with van der Waals surface area (Å²) >= 11 is 3.26. The molecule has 1 amide bonds. The summed E-state index contributed by atoms with van der Waals surface area (Å²) in [5.74, 6) is -0.335. The zero-order valence-electron chi connectivity index (χ0n) is 11.2. The van der Waals surface area contributed by atoms with E-state index in [9.17, 15) is 14.7 Å². The Kier molecular flexibility index (Phi) is 5.30. The van der Waals surface area contributed by atoms with E-state index >= 15 is 0 Å². The van der Waals surface area contributed by atoms with E-state index in [-0.39, 0.29) is 24.6 Å². The molecule has 2 aromatic rings. The van der Waals surface area contributed by atoms with Gasteiger partial charge in [-0.3, -0.25) is 9.59 Å². The average molecular weight is 351 g/mol. The van der Waals surface area contributed by atoms with Crippen molar-refractivity contribution in [3.8, 4) is 0 Å². The summed E-state index contributed by atoms with van der Waals surface area (Å²) in [5.41, 5.74) is 0.559. The monoisotopic (exact) mass is 350 g/mol. The molecule has 1 unspecified atom stereocenters. The Balaban J connectivity index is 2.07. The fourth-order valence-corrected chi connectivity index (χ4v) is 2.32. The predicted octanol–water partition coefficient (Wildman–Crippen LogP) is 1.46. The van der Waals surface area contributed by atoms with Crippen LogP contribution in [0.5, 0.6) is 0 Å². The fourth-order valence-electron chi connectivity index (χ4n) is 1.94. The van der Waals surface area contributed by atoms with Gasteiger partial charge in [-0.1, -0.05) is 30.3 Å². The molecule has 0 saturated heterocycles. The van der Waals surface area contributed by atoms with Gasteiger partial charge in [0.05, 0.1) is 12.6 Å². The normalized spacial score (nSPS) is 11.9. The first-order chi connectivity index (χ1) is 10.1. The molecule has 2 rings (SSSR count). The highest BCUT2D eigenvalue weighted by atomic mass is 79.9. The molecule has 0 fully saturated rings. The van der Waals surface area contributed by atoms with Crippen LogP contribution in [-0.2, 0) is 11.3 Å². The van der Waals surface area contributed by atoms with Crippen LogP contribution < -0.4 is 10.9 Å². The van der Waals surface area contributed by atoms with E-state index in [2.05, 4.69) is 21.2 Å². The molecule has 5 nitrogen and oxygen atoms in total. The van der Waals surface area contributed by atoms with Crippen LogP contribution in [0.25, 0.3) is 0 Å². The van der Waals surface area contributed by atoms with Gasteiger partial charge in [-0.15, -0.1) is 0 Å². The van der Waals surface area contributed by atoms with Crippen molar-refractivity contribution in [1.82, 2.24) is 9.88 Å². The molecule has 0 aliphatic rings. The predicted molar refractivity (Wildman–Crippen MR) is 82.8 cm³/mol. The summed E-state index contributed by atoms with van der Waals surface area (Å²) in [6.07, 6.45) is 1.55. The van der Waals surface area contributed by atoms with E-state index in [0.717, 1.165) is 10.0 Å². The second-order valence-electron chi connectivity index (χ2n) is 4.53. The minimum atomic E-state index is -0.485. The smallest absolute Gasteiger partial charge is 0.251 e. The third kappa shape index (κ3) is 4.27. The van der Waals surface area contributed by atoms with E-state index in [1.54, 1.807) is 12.3 Å². The zero-order chi connectivity index (χ0) is 15.2. The van der Waals surface area contributed by atoms with Gasteiger partial charge in [-0.2, -0.15) is 0 Å². The minimum absolute atomic E-state index is 0.0956. The summed E-state index contributed by atoms with van der Waals surface area (Å²) < 4.78 is 2.02. The summed E-state index contributed by atoms with van der Waals surface area (Å²) in [5, 5.41) is 12.1. The van der Waals surface area contributed by atoms with Gasteiger partial charge in [0.1, 0.15) is 6.54 Å². The third-order valence-electron chi connectivity index (χ3n) is 2.98. The number of nitrogens with one attached hydrogen (secondary N) is 1. The summed E-state index contributed by atoms with van der Waals surface area (Å²) in [6.45, 7) is -0.301. The lowest BCUT2D eigenvalue weighted by Crippen LogP contribution is -2.35. The number of rotatable bonds is 5. The highest BCUT2D eigenvalue weighted by molar-refractivity contribution is 9.10. The van der Waals surface area contributed by atoms with Gasteiger partial charge < -0.3 is 15.0 Å². The number of carbonyl (C=O) groups excluding carboxylic acids is 1. The summed E-state index contributed by atoms with van der Waals surface area (Å²) in [6, 6.07) is 11.7. The summed E-state index contributed by atoms with van der Waals surface area (Å²) in [4.78, 5) is 23.7. The van der Waals surface area contributed by atoms with Gasteiger partial charge in [0.25, 0.3) is 5.56 Å². The third-order valence-corrected chi connectivity index (χ3v) is 3.45. The zero-order valence-corrected chi connectivity index (χ0v) is 12.8. The van der Waals surface area contributed by atoms with Crippen molar-refractivity contribution in [2.75, 3.05) is 6.61 Å². The molecule has 1 heterocycles. The van der Waals surface area contributed by atoms with Gasteiger partial charge >= 0.3 is 0 Å². The van der Waals surface area contributed by atoms with Crippen molar-refractivity contribution >= 4 is 21.8 Å². The number of aliphatic hydroxyl groups excluding tert-OH is 1. The molecule has 6 heteroatoms. The number of aromatic nitrogens is 1. The molecule has 1 atom stereocenters. The largest absolute Gasteiger partial charge is 0.394 e. The van der Waals surface area contributed by atoms with Crippen LogP contribution >= 0.6 is 15.9 Å². The highest BCUT2D eigenvalue weighted by Gasteiger charge is 2.14. The number of carbonyl (C=O) groups is 1. The quantitative estimate of drug-likeness (QED) is 0.857. The van der Waals surface area contributed by atoms with Crippen LogP contribution in [0.1, 0.15) is 11.6 Å². The highest BCUT2D eigenvalue weighted by Crippen LogP contribution is 2.11. The number of benzene rings is 1. The molecule has 0 aliphatic carbocycles. The number of nitrogens with zero attached hydrogens (tertiary/aromatic N) is 1. The van der Waals surface area contributed by atoms with Crippen LogP contribution in [0.4, 0.5) is 0 Å². The number of pyridine rings is 1. The van der Waals surface area contributed by atoms with Crippen molar-refractivity contribution in [3.63, 3.8) is 0 Å². The standard InChI is InChI=1S/C15H15BrN2O3/c16-12-6-7-15(21)18(8-12)9-14(20)17-13(10-19)11-4-2-1-3-5-11/h1-8,13,19H,9-10H2,(H,17,20). The molecule has 0 saturated carbocycles. The van der Waals surface area contributed by atoms with Crippen molar-refractivity contribution in [1.29, 1.82) is 0 Å². The Morgan fingerprint density at radius 2 is 1.95 bits per heavy atom. The van der Waals surface area contributed by atoms with Gasteiger partial charge in [-0.25, -0.2) is 0 Å². The van der Waals surface area contributed by atoms with Gasteiger partial charge in [0.15, 0.2) is 0 Å². The maximum Gasteiger partial charge on any atom is 0.251 e. The second-order valence-corrected chi connectivity index (χ2v) is 5.44. The topological polar surface area (TPSA) is 71.3 Å². The molecule has 0 radical (unpaired) electrons. The van der Waals surface area contributed by atoms with Gasteiger partial charge in [0.2, 0.25) is 5.91 Å². The molecule has 1 aromatic carbocycles. The maximum absolute atomic E-state index is 12.0. The number of aliphatic hydroxyl groups is 1. The van der Waals surface area contributed by atoms with Gasteiger partial charge in [-0.05, 0) is 27.6 Å². The lowest BCUT2D eigenvalue weighted by atomic mass is 10.1. The van der Waals surface area contributed by atoms with E-state index < -0.39 is 6.04 Å². The molecule has 0 bridgehead atoms. The van der Waals surface area contributed by atoms with E-state index in [1.807, 2.05) is 30.3 Å². The van der Waals surface area contributed by atoms with E-state index in [4.69, 9.17) is 0 Å². The number of hydrogen-bond donors (Lipinski definition) is 2. The first-order valence-corrected chi connectivity index (χ1v) is 7.20. The lowest BCUT2D eigenvalue weighted by Gasteiger charge is -2.17. The van der Waals surface area contributed by atoms with Crippen molar-refractivity contribution in [2.45, 2.75) is 12.6 Å². The number of hydrogen-bond acceptors (Lipinski definition) is 3. The first kappa shape index (κ1) is 15.5. The Hall–Kier alpha value is -1.92. The molecule has 2 N–H and O–H groups in total. The fraction of sp³-hybridized carbons (Fsp3) is 0.200. The first-order valence-electron chi connectivity index (χ1n) is 6.41. The van der Waals surface area contributed by atoms with Crippen molar-refractivity contribution in [3.05, 3.63) is 69.1 Å². The molecule has 1 aromatic heterocycles. The Bertz CT molecular complexity index is 670. The Morgan fingerprint density at radius 1 is 1.24 bits per heavy atom. The second kappa shape index (κ2) is 7.19. The molecule has 110 valence electrons. The van der Waals surface area contributed by atoms with Crippen molar-refractivity contribution in [2.24, 2.45) is 0 Å². The summed E-state index contributed by atoms with van der Waals surface area (Å²) in [7, 11) is 0. The SMILES string of the molecule is O=C(Cn1cc(Br)ccc1=O)NC(CO)c1ccccc1. The molecular weight excluding hydrogens is 336 g/mol. The Labute approximate surface area is 130 Å². The average Bonchev–Trinajstić information content (AvgIpc) is 2.49. The molecule has 0 spiro atoms. The van der Waals surface area contributed by atoms with Crippen LogP contribution in [0.15, 0.2) is 57.9 Å². The molecular formula is C15H15BrN2O3. The van der Waals surface area contributed by atoms with Crippen molar-refractivity contribution < 1.29 is 9.90 Å². The Morgan fingerprint density at radius 3 is 2.62 bits per heavy atom.